The van der Waals surface area contributed by atoms with E-state index in [1.54, 1.807) is 0 Å². The second-order valence-electron chi connectivity index (χ2n) is 4.31. The van der Waals surface area contributed by atoms with Crippen molar-refractivity contribution < 1.29 is 10.2 Å². The Labute approximate surface area is 108 Å². The minimum atomic E-state index is -0.500. The first-order valence-corrected chi connectivity index (χ1v) is 5.94. The molecule has 6 heteroatoms. The molecule has 0 aliphatic rings. The first kappa shape index (κ1) is 17.8. The second kappa shape index (κ2) is 9.59. The Hall–Kier alpha value is -0.620. The fourth-order valence-corrected chi connectivity index (χ4v) is 1.26. The zero-order valence-electron chi connectivity index (χ0n) is 10.3. The number of hydrogen-bond donors (Lipinski definition) is 3. The highest BCUT2D eigenvalue weighted by atomic mass is 32.1. The van der Waals surface area contributed by atoms with Gasteiger partial charge in [-0.1, -0.05) is 27.7 Å². The summed E-state index contributed by atoms with van der Waals surface area (Å²) in [5, 5.41) is 16.3. The van der Waals surface area contributed by atoms with Crippen LogP contribution in [0.4, 0.5) is 0 Å². The molecule has 0 aliphatic carbocycles. The number of nitrogens with two attached hydrogens (primary N) is 1. The molecule has 0 amide bonds. The molecule has 0 atom stereocenters. The van der Waals surface area contributed by atoms with Crippen LogP contribution in [0, 0.1) is 11.8 Å². The highest BCUT2D eigenvalue weighted by Crippen LogP contribution is 2.03. The third-order valence-electron chi connectivity index (χ3n) is 1.44. The Morgan fingerprint density at radius 2 is 1.31 bits per heavy atom. The SMILES string of the molecule is CC(C)CN(CC(C)C)C(O)=S.NC(O)=S. The van der Waals surface area contributed by atoms with Gasteiger partial charge in [-0.25, -0.2) is 0 Å². The van der Waals surface area contributed by atoms with E-state index in [1.807, 2.05) is 4.90 Å². The maximum Gasteiger partial charge on any atom is 0.256 e. The van der Waals surface area contributed by atoms with Crippen LogP contribution in [0.25, 0.3) is 0 Å². The van der Waals surface area contributed by atoms with Crippen molar-refractivity contribution in [3.05, 3.63) is 0 Å². The third kappa shape index (κ3) is 15.8. The molecule has 0 radical (unpaired) electrons. The Morgan fingerprint density at radius 3 is 1.44 bits per heavy atom. The lowest BCUT2D eigenvalue weighted by Crippen LogP contribution is -2.35. The van der Waals surface area contributed by atoms with Crippen LogP contribution in [0.1, 0.15) is 27.7 Å². The zero-order chi connectivity index (χ0) is 13.3. The van der Waals surface area contributed by atoms with Gasteiger partial charge in [0.2, 0.25) is 0 Å². The molecule has 0 heterocycles. The molecule has 0 spiro atoms. The maximum absolute atomic E-state index is 9.17. The minimum Gasteiger partial charge on any atom is -0.487 e. The van der Waals surface area contributed by atoms with Gasteiger partial charge in [-0.05, 0) is 36.3 Å². The smallest absolute Gasteiger partial charge is 0.256 e. The first-order chi connectivity index (χ1) is 7.16. The van der Waals surface area contributed by atoms with E-state index in [-0.39, 0.29) is 5.17 Å². The van der Waals surface area contributed by atoms with E-state index in [4.69, 9.17) is 22.4 Å². The second-order valence-corrected chi connectivity index (χ2v) is 5.10. The van der Waals surface area contributed by atoms with Gasteiger partial charge >= 0.3 is 0 Å². The summed E-state index contributed by atoms with van der Waals surface area (Å²) in [6.45, 7) is 10.1. The van der Waals surface area contributed by atoms with Crippen molar-refractivity contribution in [2.24, 2.45) is 17.6 Å². The van der Waals surface area contributed by atoms with E-state index < -0.39 is 5.17 Å². The molecular formula is C10H22N2O2S2. The van der Waals surface area contributed by atoms with Crippen LogP contribution in [0.5, 0.6) is 0 Å². The molecule has 0 aromatic heterocycles. The Kier molecular flexibility index (Phi) is 10.7. The number of hydrogen-bond acceptors (Lipinski definition) is 2. The average molecular weight is 266 g/mol. The largest absolute Gasteiger partial charge is 0.487 e. The van der Waals surface area contributed by atoms with Gasteiger partial charge in [0, 0.05) is 13.1 Å². The summed E-state index contributed by atoms with van der Waals surface area (Å²) < 4.78 is 0. The molecule has 0 rings (SSSR count). The standard InChI is InChI=1S/C9H19NOS.CH3NOS/c1-7(2)5-10(9(11)12)6-8(3)4;2-1(3)4/h7-8H,5-6H2,1-4H3,(H,11,12);(H3,2,3,4). The van der Waals surface area contributed by atoms with E-state index in [2.05, 4.69) is 45.6 Å². The van der Waals surface area contributed by atoms with Gasteiger partial charge < -0.3 is 20.8 Å². The van der Waals surface area contributed by atoms with E-state index in [0.717, 1.165) is 13.1 Å². The minimum absolute atomic E-state index is 0.0254. The quantitative estimate of drug-likeness (QED) is 0.678. The van der Waals surface area contributed by atoms with E-state index in [0.29, 0.717) is 11.8 Å². The number of nitrogens with zero attached hydrogens (tertiary/aromatic N) is 1. The lowest BCUT2D eigenvalue weighted by atomic mass is 10.1. The van der Waals surface area contributed by atoms with Crippen molar-refractivity contribution in [3.8, 4) is 0 Å². The molecule has 96 valence electrons. The number of thiocarbonyl (C=S) groups is 2. The summed E-state index contributed by atoms with van der Waals surface area (Å²) in [6, 6.07) is 0. The highest BCUT2D eigenvalue weighted by molar-refractivity contribution is 7.80. The topological polar surface area (TPSA) is 69.7 Å². The molecule has 0 saturated carbocycles. The normalized spacial score (nSPS) is 9.62. The van der Waals surface area contributed by atoms with Crippen LogP contribution in [0.2, 0.25) is 0 Å². The van der Waals surface area contributed by atoms with Gasteiger partial charge in [-0.3, -0.25) is 0 Å². The predicted molar refractivity (Wildman–Crippen MR) is 75.9 cm³/mol. The predicted octanol–water partition coefficient (Wildman–Crippen LogP) is 2.23. The molecule has 0 fully saturated rings. The average Bonchev–Trinajstić information content (AvgIpc) is 1.99. The van der Waals surface area contributed by atoms with Gasteiger partial charge in [-0.2, -0.15) is 0 Å². The van der Waals surface area contributed by atoms with Crippen molar-refractivity contribution in [1.29, 1.82) is 0 Å². The van der Waals surface area contributed by atoms with Crippen molar-refractivity contribution in [1.82, 2.24) is 4.90 Å². The van der Waals surface area contributed by atoms with E-state index in [1.165, 1.54) is 0 Å². The lowest BCUT2D eigenvalue weighted by molar-refractivity contribution is 0.284. The van der Waals surface area contributed by atoms with Crippen LogP contribution in [0.3, 0.4) is 0 Å². The molecule has 0 unspecified atom stereocenters. The van der Waals surface area contributed by atoms with Gasteiger partial charge in [0.1, 0.15) is 0 Å². The summed E-state index contributed by atoms with van der Waals surface area (Å²) in [5.41, 5.74) is 4.40. The van der Waals surface area contributed by atoms with Crippen LogP contribution >= 0.6 is 24.4 Å². The van der Waals surface area contributed by atoms with E-state index >= 15 is 0 Å². The fourth-order valence-electron chi connectivity index (χ4n) is 1.11. The van der Waals surface area contributed by atoms with Crippen molar-refractivity contribution in [2.45, 2.75) is 27.7 Å². The monoisotopic (exact) mass is 266 g/mol. The van der Waals surface area contributed by atoms with Gasteiger partial charge in [0.05, 0.1) is 0 Å². The molecule has 4 nitrogen and oxygen atoms in total. The maximum atomic E-state index is 9.17. The highest BCUT2D eigenvalue weighted by Gasteiger charge is 2.10. The Balaban J connectivity index is 0. The number of aliphatic hydroxyl groups is 2. The molecule has 0 aliphatic heterocycles. The summed E-state index contributed by atoms with van der Waals surface area (Å²) >= 11 is 8.61. The molecule has 0 aromatic carbocycles. The van der Waals surface area contributed by atoms with Crippen LogP contribution < -0.4 is 5.73 Å². The van der Waals surface area contributed by atoms with Crippen molar-refractivity contribution in [3.63, 3.8) is 0 Å². The Bertz CT molecular complexity index is 207. The third-order valence-corrected chi connectivity index (χ3v) is 1.70. The number of aliphatic hydroxyl groups excluding tert-OH is 2. The fraction of sp³-hybridized carbons (Fsp3) is 0.800. The van der Waals surface area contributed by atoms with Crippen LogP contribution in [-0.4, -0.2) is 38.6 Å². The summed E-state index contributed by atoms with van der Waals surface area (Å²) in [4.78, 5) is 1.85. The summed E-state index contributed by atoms with van der Waals surface area (Å²) in [6.07, 6.45) is 0. The molecule has 0 bridgehead atoms. The lowest BCUT2D eigenvalue weighted by Gasteiger charge is -2.25. The van der Waals surface area contributed by atoms with Crippen LogP contribution in [0.15, 0.2) is 0 Å². The molecule has 0 aromatic rings. The van der Waals surface area contributed by atoms with Crippen molar-refractivity contribution in [2.75, 3.05) is 13.1 Å². The van der Waals surface area contributed by atoms with Gasteiger partial charge in [-0.15, -0.1) is 0 Å². The van der Waals surface area contributed by atoms with Crippen LogP contribution in [-0.2, 0) is 0 Å². The molecule has 16 heavy (non-hydrogen) atoms. The molecule has 4 N–H and O–H groups in total. The first-order valence-electron chi connectivity index (χ1n) is 5.13. The van der Waals surface area contributed by atoms with Crippen molar-refractivity contribution >= 4 is 34.8 Å². The molecular weight excluding hydrogens is 244 g/mol. The van der Waals surface area contributed by atoms with E-state index in [9.17, 15) is 0 Å². The van der Waals surface area contributed by atoms with Gasteiger partial charge in [0.25, 0.3) is 10.3 Å². The molecule has 0 saturated heterocycles. The Morgan fingerprint density at radius 1 is 1.06 bits per heavy atom. The number of rotatable bonds is 4. The van der Waals surface area contributed by atoms with Gasteiger partial charge in [0.15, 0.2) is 0 Å². The summed E-state index contributed by atoms with van der Waals surface area (Å²) in [5.74, 6) is 1.07. The summed E-state index contributed by atoms with van der Waals surface area (Å²) in [7, 11) is 0. The zero-order valence-corrected chi connectivity index (χ0v) is 11.9.